The fraction of sp³-hybridized carbons (Fsp3) is 0.541. The van der Waals surface area contributed by atoms with Crippen molar-refractivity contribution in [3.63, 3.8) is 0 Å². The van der Waals surface area contributed by atoms with Gasteiger partial charge in [0.25, 0.3) is 5.56 Å². The van der Waals surface area contributed by atoms with Crippen LogP contribution in [0.4, 0.5) is 4.79 Å². The third-order valence-electron chi connectivity index (χ3n) is 9.07. The summed E-state index contributed by atoms with van der Waals surface area (Å²) in [6.07, 6.45) is -0.947. The molecule has 1 fully saturated rings. The molecular weight excluding hydrogens is 643 g/mol. The van der Waals surface area contributed by atoms with Crippen LogP contribution < -0.4 is 11.2 Å². The summed E-state index contributed by atoms with van der Waals surface area (Å²) in [6.45, 7) is 18.9. The number of hydrogen-bond acceptors (Lipinski definition) is 9. The molecule has 12 heteroatoms. The maximum absolute atomic E-state index is 13.1. The van der Waals surface area contributed by atoms with Crippen LogP contribution in [0.1, 0.15) is 90.6 Å². The van der Waals surface area contributed by atoms with Crippen LogP contribution in [-0.2, 0) is 18.7 Å². The fourth-order valence-corrected chi connectivity index (χ4v) is 9.55. The third-order valence-corrected chi connectivity index (χ3v) is 12.2. The summed E-state index contributed by atoms with van der Waals surface area (Å²) in [4.78, 5) is 40.5. The topological polar surface area (TPSA) is 115 Å². The van der Waals surface area contributed by atoms with E-state index >= 15 is 0 Å². The van der Waals surface area contributed by atoms with Gasteiger partial charge in [0.05, 0.1) is 6.10 Å². The van der Waals surface area contributed by atoms with Gasteiger partial charge in [-0.2, -0.15) is 0 Å². The number of hydrogen-bond donors (Lipinski definition) is 1. The number of rotatable bonds is 13. The lowest BCUT2D eigenvalue weighted by Crippen LogP contribution is -2.45. The highest BCUT2D eigenvalue weighted by molar-refractivity contribution is 7.47. The Balaban J connectivity index is 1.37. The van der Waals surface area contributed by atoms with Crippen molar-refractivity contribution >= 4 is 14.6 Å². The maximum atomic E-state index is 13.1. The first-order chi connectivity index (χ1) is 23.3. The Morgan fingerprint density at radius 1 is 0.857 bits per heavy atom. The van der Waals surface area contributed by atoms with Gasteiger partial charge in [-0.15, -0.1) is 0 Å². The molecule has 0 bridgehead atoms. The summed E-state index contributed by atoms with van der Waals surface area (Å²) >= 11 is 0. The van der Waals surface area contributed by atoms with E-state index < -0.39 is 44.3 Å². The van der Waals surface area contributed by atoms with Gasteiger partial charge in [0.1, 0.15) is 25.5 Å². The monoisotopic (exact) mass is 694 g/mol. The number of ether oxygens (including phenoxy) is 3. The molecule has 266 valence electrons. The second-order valence-electron chi connectivity index (χ2n) is 14.0. The lowest BCUT2D eigenvalue weighted by atomic mass is 9.98. The van der Waals surface area contributed by atoms with Gasteiger partial charge in [-0.3, -0.25) is 14.3 Å². The number of carbonyl (C=O) groups excluding carboxylic acids is 1. The summed E-state index contributed by atoms with van der Waals surface area (Å²) in [5.74, 6) is -0.0989. The largest absolute Gasteiger partial charge is 0.508 e. The van der Waals surface area contributed by atoms with Gasteiger partial charge >= 0.3 is 11.8 Å². The zero-order valence-electron chi connectivity index (χ0n) is 30.1. The molecular formula is C37H51N4O7P. The molecule has 11 nitrogen and oxygen atoms in total. The average Bonchev–Trinajstić information content (AvgIpc) is 3.58. The molecule has 0 amide bonds. The SMILES string of the molecule is Cc1cn([C@H]2C[C@H](OP(N(C(C)C)C(C)C)N(C(C)C)C(C)C)[C@@H](COC(=O)OCC3c4ccccc4-c4ccccc43)O2)c(=O)[nH]c1=O. The van der Waals surface area contributed by atoms with E-state index in [1.165, 1.54) is 10.8 Å². The normalized spacial score (nSPS) is 19.2. The van der Waals surface area contributed by atoms with E-state index in [-0.39, 0.29) is 43.3 Å². The average molecular weight is 695 g/mol. The number of H-pyrrole nitrogens is 1. The number of aryl methyl sites for hydroxylation is 1. The molecule has 0 unspecified atom stereocenters. The minimum atomic E-state index is -1.31. The molecule has 1 aromatic heterocycles. The molecule has 2 aromatic carbocycles. The number of aromatic nitrogens is 2. The molecule has 0 spiro atoms. The van der Waals surface area contributed by atoms with Gasteiger partial charge in [-0.05, 0) is 84.6 Å². The molecule has 0 radical (unpaired) electrons. The minimum Gasteiger partial charge on any atom is -0.433 e. The smallest absolute Gasteiger partial charge is 0.433 e. The van der Waals surface area contributed by atoms with Crippen LogP contribution in [-0.4, -0.2) is 74.6 Å². The molecule has 1 N–H and O–H groups in total. The van der Waals surface area contributed by atoms with Crippen LogP contribution in [0.5, 0.6) is 0 Å². The molecule has 2 aliphatic rings. The molecule has 1 aliphatic carbocycles. The van der Waals surface area contributed by atoms with Crippen LogP contribution in [0.3, 0.4) is 0 Å². The van der Waals surface area contributed by atoms with Crippen molar-refractivity contribution in [2.24, 2.45) is 0 Å². The predicted molar refractivity (Wildman–Crippen MR) is 192 cm³/mol. The van der Waals surface area contributed by atoms with E-state index in [9.17, 15) is 14.4 Å². The van der Waals surface area contributed by atoms with Crippen molar-refractivity contribution < 1.29 is 23.5 Å². The van der Waals surface area contributed by atoms with Crippen molar-refractivity contribution in [3.05, 3.63) is 92.3 Å². The van der Waals surface area contributed by atoms with E-state index in [0.717, 1.165) is 22.3 Å². The number of aromatic amines is 1. The maximum Gasteiger partial charge on any atom is 0.508 e. The van der Waals surface area contributed by atoms with Crippen molar-refractivity contribution in [2.45, 2.75) is 117 Å². The Morgan fingerprint density at radius 2 is 1.37 bits per heavy atom. The number of fused-ring (bicyclic) bond motifs is 3. The first kappa shape index (κ1) is 36.9. The van der Waals surface area contributed by atoms with Crippen LogP contribution in [0.15, 0.2) is 64.3 Å². The van der Waals surface area contributed by atoms with Gasteiger partial charge in [-0.1, -0.05) is 48.5 Å². The summed E-state index contributed by atoms with van der Waals surface area (Å²) in [5, 5.41) is 0. The van der Waals surface area contributed by atoms with E-state index in [0.29, 0.717) is 12.0 Å². The van der Waals surface area contributed by atoms with E-state index in [4.69, 9.17) is 18.7 Å². The summed E-state index contributed by atoms with van der Waals surface area (Å²) in [6, 6.07) is 17.1. The van der Waals surface area contributed by atoms with Crippen LogP contribution in [0.25, 0.3) is 11.1 Å². The van der Waals surface area contributed by atoms with Crippen molar-refractivity contribution in [1.82, 2.24) is 18.9 Å². The quantitative estimate of drug-likeness (QED) is 0.150. The van der Waals surface area contributed by atoms with Gasteiger partial charge in [0, 0.05) is 48.3 Å². The predicted octanol–water partition coefficient (Wildman–Crippen LogP) is 6.95. The second kappa shape index (κ2) is 15.7. The Kier molecular flexibility index (Phi) is 11.8. The number of benzene rings is 2. The van der Waals surface area contributed by atoms with Crippen LogP contribution in [0, 0.1) is 6.92 Å². The molecule has 5 rings (SSSR count). The molecule has 49 heavy (non-hydrogen) atoms. The highest BCUT2D eigenvalue weighted by Gasteiger charge is 2.44. The summed E-state index contributed by atoms with van der Waals surface area (Å²) in [5.41, 5.74) is 3.88. The van der Waals surface area contributed by atoms with Gasteiger partial charge < -0.3 is 18.7 Å². The van der Waals surface area contributed by atoms with E-state index in [1.807, 2.05) is 24.3 Å². The lowest BCUT2D eigenvalue weighted by molar-refractivity contribution is -0.0565. The first-order valence-electron chi connectivity index (χ1n) is 17.3. The van der Waals surface area contributed by atoms with Crippen LogP contribution in [0.2, 0.25) is 0 Å². The van der Waals surface area contributed by atoms with Crippen molar-refractivity contribution in [1.29, 1.82) is 0 Å². The zero-order chi connectivity index (χ0) is 35.6. The molecule has 3 aromatic rings. The fourth-order valence-electron chi connectivity index (χ4n) is 7.05. The Bertz CT molecular complexity index is 1640. The zero-order valence-corrected chi connectivity index (χ0v) is 31.0. The summed E-state index contributed by atoms with van der Waals surface area (Å²) < 4.78 is 31.0. The van der Waals surface area contributed by atoms with Crippen molar-refractivity contribution in [2.75, 3.05) is 13.2 Å². The molecule has 3 atom stereocenters. The standard InChI is InChI=1S/C37H51N4O7P/c1-22(2)40(23(3)4)49(41(24(5)6)25(7)8)48-32-18-34(39-19-26(9)35(42)38-36(39)43)47-33(32)21-46-37(44)45-20-31-29-16-12-10-14-27(29)28-15-11-13-17-30(28)31/h10-17,19,22-25,31-34H,18,20-21H2,1-9H3,(H,38,42,43)/t32-,33+,34+/m0/s1. The highest BCUT2D eigenvalue weighted by atomic mass is 31.2. The minimum absolute atomic E-state index is 0.0989. The highest BCUT2D eigenvalue weighted by Crippen LogP contribution is 2.53. The molecule has 0 saturated carbocycles. The second-order valence-corrected chi connectivity index (χ2v) is 15.6. The van der Waals surface area contributed by atoms with E-state index in [2.05, 4.69) is 94.0 Å². The summed E-state index contributed by atoms with van der Waals surface area (Å²) in [7, 11) is -1.31. The molecule has 2 heterocycles. The lowest BCUT2D eigenvalue weighted by Gasteiger charge is -2.46. The first-order valence-corrected chi connectivity index (χ1v) is 18.4. The van der Waals surface area contributed by atoms with Crippen LogP contribution >= 0.6 is 8.45 Å². The van der Waals surface area contributed by atoms with Gasteiger partial charge in [-0.25, -0.2) is 18.9 Å². The number of carbonyl (C=O) groups is 1. The van der Waals surface area contributed by atoms with Gasteiger partial charge in [0.15, 0.2) is 8.45 Å². The number of nitrogens with zero attached hydrogens (tertiary/aromatic N) is 3. The third kappa shape index (κ3) is 8.02. The molecule has 1 saturated heterocycles. The number of nitrogens with one attached hydrogen (secondary N) is 1. The Hall–Kier alpha value is -3.34. The Labute approximate surface area is 290 Å². The van der Waals surface area contributed by atoms with E-state index in [1.54, 1.807) is 6.92 Å². The van der Waals surface area contributed by atoms with Gasteiger partial charge in [0.2, 0.25) is 0 Å². The Morgan fingerprint density at radius 3 is 1.90 bits per heavy atom. The van der Waals surface area contributed by atoms with Crippen molar-refractivity contribution in [3.8, 4) is 11.1 Å². The molecule has 1 aliphatic heterocycles.